The highest BCUT2D eigenvalue weighted by Gasteiger charge is 2.33. The third-order valence-corrected chi connectivity index (χ3v) is 3.85. The van der Waals surface area contributed by atoms with Gasteiger partial charge < -0.3 is 10.2 Å². The zero-order valence-corrected chi connectivity index (χ0v) is 11.4. The van der Waals surface area contributed by atoms with Gasteiger partial charge in [-0.15, -0.1) is 0 Å². The van der Waals surface area contributed by atoms with Gasteiger partial charge in [0.15, 0.2) is 0 Å². The maximum atomic E-state index is 12.6. The second-order valence-electron chi connectivity index (χ2n) is 4.86. The van der Waals surface area contributed by atoms with E-state index in [0.29, 0.717) is 0 Å². The number of hydrogen-bond acceptors (Lipinski definition) is 2. The van der Waals surface area contributed by atoms with Crippen LogP contribution in [0.15, 0.2) is 24.3 Å². The smallest absolute Gasteiger partial charge is 0.231 e. The summed E-state index contributed by atoms with van der Waals surface area (Å²) < 4.78 is 0. The predicted octanol–water partition coefficient (Wildman–Crippen LogP) is 2.13. The second-order valence-corrected chi connectivity index (χ2v) is 4.86. The number of nitrogens with zero attached hydrogens (tertiary/aromatic N) is 1. The number of nitrogens with one attached hydrogen (secondary N) is 1. The largest absolute Gasteiger partial charge is 0.343 e. The Morgan fingerprint density at radius 3 is 2.67 bits per heavy atom. The van der Waals surface area contributed by atoms with Crippen LogP contribution in [0, 0.1) is 0 Å². The second kappa shape index (κ2) is 5.53. The van der Waals surface area contributed by atoms with E-state index in [1.165, 1.54) is 11.1 Å². The number of hydrogen-bond donors (Lipinski definition) is 1. The number of likely N-dealkylation sites (N-methyl/N-ethyl adjacent to an activating group) is 1. The Morgan fingerprint density at radius 1 is 1.33 bits per heavy atom. The van der Waals surface area contributed by atoms with Crippen LogP contribution in [0.2, 0.25) is 0 Å². The lowest BCUT2D eigenvalue weighted by Crippen LogP contribution is -2.46. The summed E-state index contributed by atoms with van der Waals surface area (Å²) in [7, 11) is 0. The van der Waals surface area contributed by atoms with Crippen molar-refractivity contribution in [3.63, 3.8) is 0 Å². The molecule has 1 N–H and O–H groups in total. The van der Waals surface area contributed by atoms with E-state index in [0.717, 1.165) is 19.6 Å². The molecule has 1 heterocycles. The minimum absolute atomic E-state index is 0.0464. The van der Waals surface area contributed by atoms with Crippen molar-refractivity contribution in [2.24, 2.45) is 0 Å². The van der Waals surface area contributed by atoms with Gasteiger partial charge in [0, 0.05) is 25.7 Å². The van der Waals surface area contributed by atoms with Gasteiger partial charge >= 0.3 is 0 Å². The molecule has 0 bridgehead atoms. The maximum Gasteiger partial charge on any atom is 0.231 e. The average molecular weight is 246 g/mol. The van der Waals surface area contributed by atoms with Crippen LogP contribution in [-0.2, 0) is 11.3 Å². The van der Waals surface area contributed by atoms with E-state index in [4.69, 9.17) is 0 Å². The highest BCUT2D eigenvalue weighted by atomic mass is 16.2. The first-order valence-corrected chi connectivity index (χ1v) is 6.79. The summed E-state index contributed by atoms with van der Waals surface area (Å²) in [4.78, 5) is 14.5. The number of rotatable bonds is 3. The molecule has 0 aromatic heterocycles. The van der Waals surface area contributed by atoms with E-state index in [-0.39, 0.29) is 17.9 Å². The van der Waals surface area contributed by atoms with Gasteiger partial charge in [-0.05, 0) is 31.9 Å². The van der Waals surface area contributed by atoms with Crippen molar-refractivity contribution in [3.05, 3.63) is 35.4 Å². The Kier molecular flexibility index (Phi) is 4.02. The van der Waals surface area contributed by atoms with Crippen LogP contribution in [0.4, 0.5) is 0 Å². The molecule has 98 valence electrons. The highest BCUT2D eigenvalue weighted by molar-refractivity contribution is 5.85. The first-order chi connectivity index (χ1) is 8.69. The number of carbonyl (C=O) groups is 1. The van der Waals surface area contributed by atoms with Crippen molar-refractivity contribution < 1.29 is 4.79 Å². The molecule has 0 aliphatic carbocycles. The minimum atomic E-state index is -0.0464. The lowest BCUT2D eigenvalue weighted by molar-refractivity contribution is -0.133. The Bertz CT molecular complexity index is 426. The van der Waals surface area contributed by atoms with Crippen molar-refractivity contribution in [2.75, 3.05) is 13.1 Å². The van der Waals surface area contributed by atoms with Crippen molar-refractivity contribution >= 4 is 5.91 Å². The Labute approximate surface area is 109 Å². The van der Waals surface area contributed by atoms with Crippen LogP contribution < -0.4 is 5.32 Å². The molecule has 1 aliphatic rings. The monoisotopic (exact) mass is 246 g/mol. The molecule has 18 heavy (non-hydrogen) atoms. The molecule has 1 aliphatic heterocycles. The van der Waals surface area contributed by atoms with E-state index in [1.54, 1.807) is 0 Å². The van der Waals surface area contributed by atoms with Crippen molar-refractivity contribution in [3.8, 4) is 0 Å². The van der Waals surface area contributed by atoms with Gasteiger partial charge in [-0.1, -0.05) is 24.3 Å². The molecule has 2 rings (SSSR count). The molecule has 0 spiro atoms. The first kappa shape index (κ1) is 13.1. The standard InChI is InChI=1S/C15H22N2O/c1-4-17(5-2)15(18)14-11(3)16-10-12-8-6-7-9-13(12)14/h6-9,11,14,16H,4-5,10H2,1-3H3. The lowest BCUT2D eigenvalue weighted by Gasteiger charge is -2.34. The van der Waals surface area contributed by atoms with Crippen LogP contribution in [0.3, 0.4) is 0 Å². The van der Waals surface area contributed by atoms with Crippen molar-refractivity contribution in [2.45, 2.75) is 39.3 Å². The van der Waals surface area contributed by atoms with Gasteiger partial charge in [0.2, 0.25) is 5.91 Å². The fraction of sp³-hybridized carbons (Fsp3) is 0.533. The van der Waals surface area contributed by atoms with Gasteiger partial charge in [-0.25, -0.2) is 0 Å². The minimum Gasteiger partial charge on any atom is -0.343 e. The number of amides is 1. The number of carbonyl (C=O) groups excluding carboxylic acids is 1. The van der Waals surface area contributed by atoms with E-state index in [1.807, 2.05) is 30.9 Å². The number of fused-ring (bicyclic) bond motifs is 1. The molecule has 2 unspecified atom stereocenters. The summed E-state index contributed by atoms with van der Waals surface area (Å²) in [6.07, 6.45) is 0. The fourth-order valence-corrected chi connectivity index (χ4v) is 2.74. The number of benzene rings is 1. The highest BCUT2D eigenvalue weighted by Crippen LogP contribution is 2.29. The maximum absolute atomic E-state index is 12.6. The van der Waals surface area contributed by atoms with Gasteiger partial charge in [0.05, 0.1) is 5.92 Å². The average Bonchev–Trinajstić information content (AvgIpc) is 2.39. The molecule has 0 saturated heterocycles. The van der Waals surface area contributed by atoms with Gasteiger partial charge in [0.1, 0.15) is 0 Å². The summed E-state index contributed by atoms with van der Waals surface area (Å²) in [6, 6.07) is 8.47. The Balaban J connectivity index is 2.34. The lowest BCUT2D eigenvalue weighted by atomic mass is 9.84. The quantitative estimate of drug-likeness (QED) is 0.886. The van der Waals surface area contributed by atoms with Gasteiger partial charge in [0.25, 0.3) is 0 Å². The molecule has 1 aromatic rings. The van der Waals surface area contributed by atoms with E-state index < -0.39 is 0 Å². The fourth-order valence-electron chi connectivity index (χ4n) is 2.74. The predicted molar refractivity (Wildman–Crippen MR) is 73.4 cm³/mol. The molecule has 1 aromatic carbocycles. The first-order valence-electron chi connectivity index (χ1n) is 6.79. The molecule has 3 nitrogen and oxygen atoms in total. The Morgan fingerprint density at radius 2 is 2.00 bits per heavy atom. The van der Waals surface area contributed by atoms with Crippen LogP contribution >= 0.6 is 0 Å². The Hall–Kier alpha value is -1.35. The van der Waals surface area contributed by atoms with E-state index in [9.17, 15) is 4.79 Å². The third kappa shape index (κ3) is 2.27. The zero-order valence-electron chi connectivity index (χ0n) is 11.4. The molecule has 1 amide bonds. The SMILES string of the molecule is CCN(CC)C(=O)C1c2ccccc2CNC1C. The molecule has 3 heteroatoms. The summed E-state index contributed by atoms with van der Waals surface area (Å²) in [6.45, 7) is 8.59. The molecule has 0 saturated carbocycles. The van der Waals surface area contributed by atoms with Crippen LogP contribution in [0.25, 0.3) is 0 Å². The summed E-state index contributed by atoms with van der Waals surface area (Å²) in [5.41, 5.74) is 2.45. The normalized spacial score (nSPS) is 22.4. The van der Waals surface area contributed by atoms with Crippen molar-refractivity contribution in [1.82, 2.24) is 10.2 Å². The topological polar surface area (TPSA) is 32.3 Å². The molecular weight excluding hydrogens is 224 g/mol. The molecule has 0 fully saturated rings. The summed E-state index contributed by atoms with van der Waals surface area (Å²) >= 11 is 0. The molecule has 0 radical (unpaired) electrons. The van der Waals surface area contributed by atoms with E-state index in [2.05, 4.69) is 24.4 Å². The van der Waals surface area contributed by atoms with E-state index >= 15 is 0 Å². The van der Waals surface area contributed by atoms with Crippen molar-refractivity contribution in [1.29, 1.82) is 0 Å². The van der Waals surface area contributed by atoms with Crippen LogP contribution in [-0.4, -0.2) is 29.9 Å². The van der Waals surface area contributed by atoms with Crippen LogP contribution in [0.5, 0.6) is 0 Å². The third-order valence-electron chi connectivity index (χ3n) is 3.85. The van der Waals surface area contributed by atoms with Crippen LogP contribution in [0.1, 0.15) is 37.8 Å². The molecule has 2 atom stereocenters. The summed E-state index contributed by atoms with van der Waals surface area (Å²) in [5, 5.41) is 3.42. The molecular formula is C15H22N2O. The zero-order chi connectivity index (χ0) is 13.1. The van der Waals surface area contributed by atoms with Gasteiger partial charge in [-0.2, -0.15) is 0 Å². The summed E-state index contributed by atoms with van der Waals surface area (Å²) in [5.74, 6) is 0.196. The van der Waals surface area contributed by atoms with Gasteiger partial charge in [-0.3, -0.25) is 4.79 Å².